The zero-order chi connectivity index (χ0) is 15.6. The molecule has 7 heteroatoms. The predicted molar refractivity (Wildman–Crippen MR) is 84.7 cm³/mol. The summed E-state index contributed by atoms with van der Waals surface area (Å²) in [5.41, 5.74) is -0.153. The second-order valence-corrected chi connectivity index (χ2v) is 6.85. The third kappa shape index (κ3) is 3.48. The number of aromatic nitrogens is 1. The van der Waals surface area contributed by atoms with Gasteiger partial charge in [0.05, 0.1) is 6.54 Å². The maximum absolute atomic E-state index is 11.6. The van der Waals surface area contributed by atoms with Crippen molar-refractivity contribution in [1.29, 1.82) is 0 Å². The lowest BCUT2D eigenvalue weighted by molar-refractivity contribution is 0.0687. The molecule has 0 unspecified atom stereocenters. The third-order valence-corrected chi connectivity index (χ3v) is 4.97. The van der Waals surface area contributed by atoms with Gasteiger partial charge in [0.2, 0.25) is 0 Å². The highest BCUT2D eigenvalue weighted by molar-refractivity contribution is 7.17. The zero-order valence-electron chi connectivity index (χ0n) is 12.0. The van der Waals surface area contributed by atoms with Gasteiger partial charge in [-0.15, -0.1) is 11.3 Å². The van der Waals surface area contributed by atoms with E-state index in [0.717, 1.165) is 11.3 Å². The van der Waals surface area contributed by atoms with Crippen LogP contribution in [0.15, 0.2) is 17.5 Å². The van der Waals surface area contributed by atoms with Crippen molar-refractivity contribution >= 4 is 39.6 Å². The Morgan fingerprint density at radius 1 is 1.43 bits per heavy atom. The lowest BCUT2D eigenvalue weighted by atomic mass is 10.3. The maximum Gasteiger partial charge on any atom is 0.356 e. The standard InChI is InChI=1S/C14H16N2O3S2/c1-8(2)16(7-10-5-4-6-20-10)14-15-11(13(18)19)12(21-14)9(3)17/h4-6,8H,7H2,1-3H3,(H,18,19). The van der Waals surface area contributed by atoms with Gasteiger partial charge in [-0.05, 0) is 25.3 Å². The normalized spacial score (nSPS) is 10.9. The fourth-order valence-corrected chi connectivity index (χ4v) is 3.64. The number of carboxylic acids is 1. The molecule has 0 saturated heterocycles. The number of rotatable bonds is 6. The smallest absolute Gasteiger partial charge is 0.356 e. The van der Waals surface area contributed by atoms with Crippen molar-refractivity contribution in [2.75, 3.05) is 4.90 Å². The van der Waals surface area contributed by atoms with Crippen molar-refractivity contribution in [3.63, 3.8) is 0 Å². The molecule has 0 radical (unpaired) electrons. The fourth-order valence-electron chi connectivity index (χ4n) is 1.86. The van der Waals surface area contributed by atoms with Gasteiger partial charge in [-0.25, -0.2) is 9.78 Å². The number of hydrogen-bond acceptors (Lipinski definition) is 6. The largest absolute Gasteiger partial charge is 0.476 e. The number of thiophene rings is 1. The molecule has 21 heavy (non-hydrogen) atoms. The van der Waals surface area contributed by atoms with Gasteiger partial charge in [-0.1, -0.05) is 17.4 Å². The Morgan fingerprint density at radius 3 is 2.57 bits per heavy atom. The number of aromatic carboxylic acids is 1. The van der Waals surface area contributed by atoms with E-state index in [-0.39, 0.29) is 22.4 Å². The Morgan fingerprint density at radius 2 is 2.14 bits per heavy atom. The van der Waals surface area contributed by atoms with Crippen LogP contribution in [0.3, 0.4) is 0 Å². The van der Waals surface area contributed by atoms with Gasteiger partial charge in [0, 0.05) is 17.8 Å². The van der Waals surface area contributed by atoms with E-state index in [1.54, 1.807) is 11.3 Å². The Balaban J connectivity index is 2.39. The highest BCUT2D eigenvalue weighted by atomic mass is 32.1. The average molecular weight is 324 g/mol. The number of Topliss-reactive ketones (excluding diaryl/α,β-unsaturated/α-hetero) is 1. The zero-order valence-corrected chi connectivity index (χ0v) is 13.6. The minimum absolute atomic E-state index is 0.153. The van der Waals surface area contributed by atoms with E-state index in [9.17, 15) is 14.7 Å². The summed E-state index contributed by atoms with van der Waals surface area (Å²) in [6, 6.07) is 4.15. The maximum atomic E-state index is 11.6. The predicted octanol–water partition coefficient (Wildman–Crippen LogP) is 3.52. The number of carbonyl (C=O) groups is 2. The van der Waals surface area contributed by atoms with Crippen LogP contribution in [0.1, 0.15) is 45.8 Å². The van der Waals surface area contributed by atoms with Gasteiger partial charge in [-0.2, -0.15) is 0 Å². The molecule has 0 aliphatic carbocycles. The van der Waals surface area contributed by atoms with Crippen LogP contribution in [-0.4, -0.2) is 27.9 Å². The van der Waals surface area contributed by atoms with Crippen LogP contribution in [-0.2, 0) is 6.54 Å². The molecule has 2 rings (SSSR count). The first-order chi connectivity index (χ1) is 9.90. The van der Waals surface area contributed by atoms with E-state index in [2.05, 4.69) is 4.98 Å². The van der Waals surface area contributed by atoms with Crippen LogP contribution in [0.5, 0.6) is 0 Å². The van der Waals surface area contributed by atoms with E-state index in [1.807, 2.05) is 36.3 Å². The summed E-state index contributed by atoms with van der Waals surface area (Å²) < 4.78 is 0. The van der Waals surface area contributed by atoms with Crippen molar-refractivity contribution in [3.8, 4) is 0 Å². The molecular formula is C14H16N2O3S2. The van der Waals surface area contributed by atoms with Gasteiger partial charge < -0.3 is 10.0 Å². The molecule has 0 saturated carbocycles. The number of carbonyl (C=O) groups excluding carboxylic acids is 1. The second-order valence-electron chi connectivity index (χ2n) is 4.84. The number of carboxylic acid groups (broad SMARTS) is 1. The second kappa shape index (κ2) is 6.36. The lowest BCUT2D eigenvalue weighted by Crippen LogP contribution is -2.29. The highest BCUT2D eigenvalue weighted by Gasteiger charge is 2.24. The number of anilines is 1. The summed E-state index contributed by atoms with van der Waals surface area (Å²) in [6.07, 6.45) is 0. The van der Waals surface area contributed by atoms with Crippen LogP contribution in [0.2, 0.25) is 0 Å². The average Bonchev–Trinajstić information content (AvgIpc) is 3.04. The van der Waals surface area contributed by atoms with Crippen molar-refractivity contribution in [2.45, 2.75) is 33.4 Å². The summed E-state index contributed by atoms with van der Waals surface area (Å²) in [6.45, 7) is 6.05. The molecule has 0 amide bonds. The Hall–Kier alpha value is -1.73. The Bertz CT molecular complexity index is 616. The van der Waals surface area contributed by atoms with Crippen LogP contribution < -0.4 is 4.90 Å². The third-order valence-electron chi connectivity index (χ3n) is 2.91. The molecule has 1 N–H and O–H groups in total. The number of hydrogen-bond donors (Lipinski definition) is 1. The first-order valence-electron chi connectivity index (χ1n) is 6.44. The number of ketones is 1. The summed E-state index contributed by atoms with van der Waals surface area (Å²) >= 11 is 2.78. The molecular weight excluding hydrogens is 308 g/mol. The topological polar surface area (TPSA) is 70.5 Å². The SMILES string of the molecule is CC(=O)c1sc(N(Cc2cccs2)C(C)C)nc1C(=O)O. The summed E-state index contributed by atoms with van der Waals surface area (Å²) in [4.78, 5) is 30.3. The first-order valence-corrected chi connectivity index (χ1v) is 8.13. The van der Waals surface area contributed by atoms with Crippen LogP contribution in [0, 0.1) is 0 Å². The van der Waals surface area contributed by atoms with Crippen LogP contribution in [0.25, 0.3) is 0 Å². The van der Waals surface area contributed by atoms with E-state index in [0.29, 0.717) is 11.7 Å². The molecule has 0 aliphatic rings. The molecule has 2 aromatic heterocycles. The minimum atomic E-state index is -1.16. The molecule has 5 nitrogen and oxygen atoms in total. The highest BCUT2D eigenvalue weighted by Crippen LogP contribution is 2.30. The lowest BCUT2D eigenvalue weighted by Gasteiger charge is -2.25. The molecule has 0 aromatic carbocycles. The Labute approximate surface area is 130 Å². The summed E-state index contributed by atoms with van der Waals surface area (Å²) in [5.74, 6) is -1.43. The number of nitrogens with zero attached hydrogens (tertiary/aromatic N) is 2. The first kappa shape index (κ1) is 15.7. The van der Waals surface area contributed by atoms with E-state index < -0.39 is 5.97 Å². The molecule has 0 spiro atoms. The summed E-state index contributed by atoms with van der Waals surface area (Å²) in [7, 11) is 0. The number of thiazole rings is 1. The van der Waals surface area contributed by atoms with Crippen molar-refractivity contribution in [3.05, 3.63) is 33.0 Å². The van der Waals surface area contributed by atoms with Gasteiger partial charge in [-0.3, -0.25) is 4.79 Å². The van der Waals surface area contributed by atoms with Crippen LogP contribution in [0.4, 0.5) is 5.13 Å². The van der Waals surface area contributed by atoms with Crippen LogP contribution >= 0.6 is 22.7 Å². The monoisotopic (exact) mass is 324 g/mol. The van der Waals surface area contributed by atoms with E-state index in [4.69, 9.17) is 0 Å². The van der Waals surface area contributed by atoms with Gasteiger partial charge in [0.15, 0.2) is 16.6 Å². The van der Waals surface area contributed by atoms with Gasteiger partial charge >= 0.3 is 5.97 Å². The molecule has 0 atom stereocenters. The fraction of sp³-hybridized carbons (Fsp3) is 0.357. The molecule has 0 aliphatic heterocycles. The molecule has 2 aromatic rings. The molecule has 2 heterocycles. The van der Waals surface area contributed by atoms with E-state index in [1.165, 1.54) is 11.8 Å². The minimum Gasteiger partial charge on any atom is -0.476 e. The van der Waals surface area contributed by atoms with Crippen molar-refractivity contribution in [2.24, 2.45) is 0 Å². The van der Waals surface area contributed by atoms with E-state index >= 15 is 0 Å². The van der Waals surface area contributed by atoms with Crippen molar-refractivity contribution in [1.82, 2.24) is 4.98 Å². The molecule has 112 valence electrons. The van der Waals surface area contributed by atoms with Gasteiger partial charge in [0.1, 0.15) is 4.88 Å². The molecule has 0 fully saturated rings. The van der Waals surface area contributed by atoms with Crippen molar-refractivity contribution < 1.29 is 14.7 Å². The summed E-state index contributed by atoms with van der Waals surface area (Å²) in [5, 5.41) is 11.8. The quantitative estimate of drug-likeness (QED) is 0.823. The Kier molecular flexibility index (Phi) is 4.74. The molecule has 0 bridgehead atoms. The van der Waals surface area contributed by atoms with Gasteiger partial charge in [0.25, 0.3) is 0 Å².